The molecule has 0 aliphatic carbocycles. The van der Waals surface area contributed by atoms with E-state index >= 15 is 0 Å². The average Bonchev–Trinajstić information content (AvgIpc) is 2.77. The molecule has 1 fully saturated rings. The van der Waals surface area contributed by atoms with Crippen molar-refractivity contribution in [3.05, 3.63) is 35.4 Å². The van der Waals surface area contributed by atoms with Gasteiger partial charge in [0.25, 0.3) is 9.70 Å². The Kier molecular flexibility index (Phi) is 10.8. The molecule has 1 amide bonds. The standard InChI is InChI=1S/C22H22Cl3F3N2O8/c1-10(31)35-9-15-17(36-11(2)32)18(37-12(3)33)16(19(38-15)30-20(34)21(23,24)25)29-8-13-6-4-5-7-14(13)22(26,27)28/h4-8,15-19H,9H2,1-3H3,(H,30,34)/t15-,16-,17-,18-,19+/m1/s1. The molecule has 1 saturated heterocycles. The predicted octanol–water partition coefficient (Wildman–Crippen LogP) is 3.13. The fraction of sp³-hybridized carbons (Fsp3) is 0.500. The second-order valence-corrected chi connectivity index (χ2v) is 10.2. The minimum absolute atomic E-state index is 0.376. The third-order valence-corrected chi connectivity index (χ3v) is 5.41. The highest BCUT2D eigenvalue weighted by Gasteiger charge is 2.51. The summed E-state index contributed by atoms with van der Waals surface area (Å²) in [5.74, 6) is -3.73. The molecule has 210 valence electrons. The van der Waals surface area contributed by atoms with Crippen molar-refractivity contribution in [1.29, 1.82) is 0 Å². The molecule has 0 radical (unpaired) electrons. The number of esters is 3. The number of nitrogens with zero attached hydrogens (tertiary/aromatic N) is 1. The van der Waals surface area contributed by atoms with Crippen LogP contribution >= 0.6 is 34.8 Å². The molecule has 1 aliphatic heterocycles. The SMILES string of the molecule is CC(=O)OC[C@H]1O[C@H](NC(=O)C(Cl)(Cl)Cl)[C@H](N=Cc2ccccc2C(F)(F)F)[C@@H](OC(C)=O)[C@@H]1OC(C)=O. The average molecular weight is 606 g/mol. The maximum Gasteiger partial charge on any atom is 0.417 e. The van der Waals surface area contributed by atoms with Gasteiger partial charge in [-0.2, -0.15) is 13.2 Å². The maximum atomic E-state index is 13.5. The highest BCUT2D eigenvalue weighted by atomic mass is 35.6. The maximum absolute atomic E-state index is 13.5. The summed E-state index contributed by atoms with van der Waals surface area (Å²) in [7, 11) is 0. The third kappa shape index (κ3) is 9.00. The Hall–Kier alpha value is -2.61. The fourth-order valence-corrected chi connectivity index (χ4v) is 3.61. The molecule has 1 N–H and O–H groups in total. The number of rotatable bonds is 7. The zero-order valence-corrected chi connectivity index (χ0v) is 22.2. The van der Waals surface area contributed by atoms with Crippen LogP contribution in [0.25, 0.3) is 0 Å². The van der Waals surface area contributed by atoms with E-state index in [4.69, 9.17) is 53.8 Å². The molecule has 0 unspecified atom stereocenters. The molecule has 16 heteroatoms. The summed E-state index contributed by atoms with van der Waals surface area (Å²) in [6.45, 7) is 2.58. The predicted molar refractivity (Wildman–Crippen MR) is 128 cm³/mol. The number of hydrogen-bond acceptors (Lipinski definition) is 9. The first-order valence-electron chi connectivity index (χ1n) is 10.7. The Morgan fingerprint density at radius 3 is 2.11 bits per heavy atom. The third-order valence-electron chi connectivity index (χ3n) is 4.90. The van der Waals surface area contributed by atoms with Crippen molar-refractivity contribution in [2.24, 2.45) is 4.99 Å². The van der Waals surface area contributed by atoms with Gasteiger partial charge in [0.1, 0.15) is 18.8 Å². The number of nitrogens with one attached hydrogen (secondary N) is 1. The van der Waals surface area contributed by atoms with Crippen LogP contribution in [0.3, 0.4) is 0 Å². The molecule has 0 bridgehead atoms. The van der Waals surface area contributed by atoms with E-state index in [1.54, 1.807) is 0 Å². The van der Waals surface area contributed by atoms with Crippen molar-refractivity contribution in [3.63, 3.8) is 0 Å². The number of amides is 1. The van der Waals surface area contributed by atoms with Gasteiger partial charge in [0.2, 0.25) is 0 Å². The topological polar surface area (TPSA) is 130 Å². The normalized spacial score (nSPS) is 24.0. The number of aliphatic imine (C=N–C) groups is 1. The first-order valence-corrected chi connectivity index (χ1v) is 11.8. The van der Waals surface area contributed by atoms with Crippen molar-refractivity contribution in [1.82, 2.24) is 5.32 Å². The van der Waals surface area contributed by atoms with Gasteiger partial charge in [0.15, 0.2) is 18.4 Å². The molecule has 0 saturated carbocycles. The van der Waals surface area contributed by atoms with Crippen LogP contribution in [-0.4, -0.2) is 71.0 Å². The van der Waals surface area contributed by atoms with Crippen LogP contribution in [0.5, 0.6) is 0 Å². The summed E-state index contributed by atoms with van der Waals surface area (Å²) in [6.07, 6.45) is -9.92. The second-order valence-electron chi connectivity index (χ2n) is 7.87. The Morgan fingerprint density at radius 2 is 1.58 bits per heavy atom. The van der Waals surface area contributed by atoms with Gasteiger partial charge in [-0.05, 0) is 6.07 Å². The summed E-state index contributed by atoms with van der Waals surface area (Å²) in [5.41, 5.74) is -1.41. The number of ether oxygens (including phenoxy) is 4. The lowest BCUT2D eigenvalue weighted by molar-refractivity contribution is -0.224. The number of benzene rings is 1. The molecule has 2 rings (SSSR count). The molecular weight excluding hydrogens is 584 g/mol. The van der Waals surface area contributed by atoms with Gasteiger partial charge in [0, 0.05) is 32.5 Å². The van der Waals surface area contributed by atoms with Crippen molar-refractivity contribution in [2.75, 3.05) is 6.61 Å². The highest BCUT2D eigenvalue weighted by molar-refractivity contribution is 6.76. The number of alkyl halides is 6. The van der Waals surface area contributed by atoms with E-state index in [2.05, 4.69) is 10.3 Å². The first kappa shape index (κ1) is 31.6. The second kappa shape index (κ2) is 13.0. The zero-order valence-electron chi connectivity index (χ0n) is 20.0. The van der Waals surface area contributed by atoms with Crippen LogP contribution in [0.15, 0.2) is 29.3 Å². The van der Waals surface area contributed by atoms with E-state index in [0.29, 0.717) is 0 Å². The van der Waals surface area contributed by atoms with Crippen molar-refractivity contribution in [3.8, 4) is 0 Å². The Morgan fingerprint density at radius 1 is 1.00 bits per heavy atom. The quantitative estimate of drug-likeness (QED) is 0.217. The van der Waals surface area contributed by atoms with E-state index < -0.39 is 76.5 Å². The van der Waals surface area contributed by atoms with E-state index in [9.17, 15) is 32.3 Å². The van der Waals surface area contributed by atoms with Crippen LogP contribution < -0.4 is 5.32 Å². The number of halogens is 6. The van der Waals surface area contributed by atoms with Gasteiger partial charge in [-0.15, -0.1) is 0 Å². The van der Waals surface area contributed by atoms with E-state index in [1.165, 1.54) is 12.1 Å². The smallest absolute Gasteiger partial charge is 0.417 e. The van der Waals surface area contributed by atoms with Gasteiger partial charge in [-0.25, -0.2) is 0 Å². The Balaban J connectivity index is 2.63. The van der Waals surface area contributed by atoms with Crippen LogP contribution in [0, 0.1) is 0 Å². The Labute approximate surface area is 229 Å². The van der Waals surface area contributed by atoms with Crippen molar-refractivity contribution in [2.45, 2.75) is 61.3 Å². The molecule has 10 nitrogen and oxygen atoms in total. The minimum atomic E-state index is -4.74. The molecule has 1 aromatic rings. The molecule has 0 aromatic heterocycles. The van der Waals surface area contributed by atoms with Crippen molar-refractivity contribution >= 4 is 64.8 Å². The first-order chi connectivity index (χ1) is 17.5. The lowest BCUT2D eigenvalue weighted by Gasteiger charge is -2.44. The van der Waals surface area contributed by atoms with Crippen LogP contribution in [0.1, 0.15) is 31.9 Å². The summed E-state index contributed by atoms with van der Waals surface area (Å²) in [4.78, 5) is 51.7. The molecule has 1 heterocycles. The lowest BCUT2D eigenvalue weighted by Crippen LogP contribution is -2.65. The zero-order chi connectivity index (χ0) is 28.8. The summed E-state index contributed by atoms with van der Waals surface area (Å²) in [5, 5.41) is 2.22. The molecule has 38 heavy (non-hydrogen) atoms. The van der Waals surface area contributed by atoms with Gasteiger partial charge >= 0.3 is 24.1 Å². The summed E-state index contributed by atoms with van der Waals surface area (Å²) in [6, 6.07) is 2.91. The highest BCUT2D eigenvalue weighted by Crippen LogP contribution is 2.33. The van der Waals surface area contributed by atoms with E-state index in [1.807, 2.05) is 0 Å². The van der Waals surface area contributed by atoms with Gasteiger partial charge in [-0.3, -0.25) is 24.2 Å². The number of carbonyl (C=O) groups is 4. The molecule has 5 atom stereocenters. The van der Waals surface area contributed by atoms with Gasteiger partial charge < -0.3 is 24.3 Å². The monoisotopic (exact) mass is 604 g/mol. The molecule has 1 aliphatic rings. The van der Waals surface area contributed by atoms with Gasteiger partial charge in [0.05, 0.1) is 5.56 Å². The van der Waals surface area contributed by atoms with Crippen molar-refractivity contribution < 1.29 is 51.3 Å². The van der Waals surface area contributed by atoms with Crippen LogP contribution in [-0.2, 0) is 44.3 Å². The van der Waals surface area contributed by atoms with Crippen LogP contribution in [0.4, 0.5) is 13.2 Å². The van der Waals surface area contributed by atoms with E-state index in [0.717, 1.165) is 39.1 Å². The van der Waals surface area contributed by atoms with E-state index in [-0.39, 0.29) is 5.56 Å². The van der Waals surface area contributed by atoms with Crippen LogP contribution in [0.2, 0.25) is 0 Å². The molecular formula is C22H22Cl3F3N2O8. The lowest BCUT2D eigenvalue weighted by atomic mass is 9.95. The number of carbonyl (C=O) groups excluding carboxylic acids is 4. The Bertz CT molecular complexity index is 1080. The molecule has 0 spiro atoms. The largest absolute Gasteiger partial charge is 0.463 e. The summed E-state index contributed by atoms with van der Waals surface area (Å²) >= 11 is 16.9. The summed E-state index contributed by atoms with van der Waals surface area (Å²) < 4.78 is 59.2. The van der Waals surface area contributed by atoms with Gasteiger partial charge in [-0.1, -0.05) is 53.0 Å². The minimum Gasteiger partial charge on any atom is -0.463 e. The molecule has 1 aromatic carbocycles. The fourth-order valence-electron chi connectivity index (χ4n) is 3.45. The number of hydrogen-bond donors (Lipinski definition) is 1.